The molecule has 0 atom stereocenters. The molecule has 0 amide bonds. The molecule has 0 spiro atoms. The van der Waals surface area contributed by atoms with Crippen LogP contribution in [0, 0.1) is 0 Å². The van der Waals surface area contributed by atoms with Gasteiger partial charge in [0.1, 0.15) is 10.3 Å². The first-order valence-corrected chi connectivity index (χ1v) is 10.5. The molecule has 19 heavy (non-hydrogen) atoms. The van der Waals surface area contributed by atoms with Crippen molar-refractivity contribution in [2.24, 2.45) is 4.99 Å². The van der Waals surface area contributed by atoms with Crippen molar-refractivity contribution >= 4 is 46.5 Å². The molecular formula is C14H22BrClN2Si. The van der Waals surface area contributed by atoms with Gasteiger partial charge < -0.3 is 0 Å². The first kappa shape index (κ1) is 16.9. The maximum Gasteiger partial charge on any atom is 0.106 e. The molecule has 5 heteroatoms. The molecule has 0 aliphatic rings. The highest BCUT2D eigenvalue weighted by Crippen LogP contribution is 2.27. The van der Waals surface area contributed by atoms with E-state index in [4.69, 9.17) is 11.6 Å². The Morgan fingerprint density at radius 3 is 2.26 bits per heavy atom. The lowest BCUT2D eigenvalue weighted by Crippen LogP contribution is -2.47. The van der Waals surface area contributed by atoms with Crippen LogP contribution in [0.5, 0.6) is 0 Å². The number of aromatic nitrogens is 1. The minimum Gasteiger partial charge on any atom is -0.291 e. The van der Waals surface area contributed by atoms with Crippen LogP contribution in [0.4, 0.5) is 0 Å². The van der Waals surface area contributed by atoms with E-state index in [9.17, 15) is 0 Å². The van der Waals surface area contributed by atoms with E-state index < -0.39 is 8.07 Å². The lowest BCUT2D eigenvalue weighted by atomic mass is 10.2. The zero-order chi connectivity index (χ0) is 14.6. The lowest BCUT2D eigenvalue weighted by Gasteiger charge is -2.30. The van der Waals surface area contributed by atoms with E-state index in [1.807, 2.05) is 6.92 Å². The third-order valence-electron chi connectivity index (χ3n) is 4.21. The summed E-state index contributed by atoms with van der Waals surface area (Å²) in [6.45, 7) is 8.80. The summed E-state index contributed by atoms with van der Waals surface area (Å²) in [5.74, 6) is 0. The van der Waals surface area contributed by atoms with Gasteiger partial charge in [-0.15, -0.1) is 0 Å². The monoisotopic (exact) mass is 360 g/mol. The Morgan fingerprint density at radius 1 is 1.32 bits per heavy atom. The SMILES string of the molecule is CC[Si](CC)(CC)c1cc(Br)nc(C(C)=NC)c1Cl. The maximum absolute atomic E-state index is 6.65. The van der Waals surface area contributed by atoms with E-state index >= 15 is 0 Å². The molecular weight excluding hydrogens is 340 g/mol. The molecule has 0 radical (unpaired) electrons. The van der Waals surface area contributed by atoms with Gasteiger partial charge in [-0.3, -0.25) is 4.99 Å². The summed E-state index contributed by atoms with van der Waals surface area (Å²) in [4.78, 5) is 8.72. The second kappa shape index (κ2) is 7.00. The van der Waals surface area contributed by atoms with Crippen molar-refractivity contribution in [2.45, 2.75) is 45.8 Å². The van der Waals surface area contributed by atoms with Crippen molar-refractivity contribution in [1.82, 2.24) is 4.98 Å². The summed E-state index contributed by atoms with van der Waals surface area (Å²) in [7, 11) is 0.259. The van der Waals surface area contributed by atoms with Gasteiger partial charge in [-0.1, -0.05) is 50.5 Å². The van der Waals surface area contributed by atoms with E-state index in [2.05, 4.69) is 52.7 Å². The van der Waals surface area contributed by atoms with Crippen LogP contribution in [0.1, 0.15) is 33.4 Å². The molecule has 0 bridgehead atoms. The van der Waals surface area contributed by atoms with E-state index in [1.165, 1.54) is 23.3 Å². The topological polar surface area (TPSA) is 25.2 Å². The Hall–Kier alpha value is -0.193. The van der Waals surface area contributed by atoms with Gasteiger partial charge in [-0.25, -0.2) is 4.98 Å². The minimum atomic E-state index is -1.52. The molecule has 1 heterocycles. The Kier molecular flexibility index (Phi) is 6.21. The van der Waals surface area contributed by atoms with Crippen molar-refractivity contribution in [2.75, 3.05) is 7.05 Å². The normalized spacial score (nSPS) is 12.9. The van der Waals surface area contributed by atoms with Crippen molar-refractivity contribution in [3.05, 3.63) is 21.4 Å². The fourth-order valence-corrected chi connectivity index (χ4v) is 7.67. The molecule has 1 rings (SSSR count). The standard InChI is InChI=1S/C14H22BrClN2Si/c1-6-19(7-2,8-3)11-9-12(15)18-14(13(11)16)10(4)17-5/h9H,6-8H2,1-5H3. The Balaban J connectivity index is 3.56. The molecule has 0 saturated carbocycles. The molecule has 2 nitrogen and oxygen atoms in total. The summed E-state index contributed by atoms with van der Waals surface area (Å²) in [5.41, 5.74) is 1.71. The first-order chi connectivity index (χ1) is 8.95. The molecule has 106 valence electrons. The minimum absolute atomic E-state index is 0.809. The third-order valence-corrected chi connectivity index (χ3v) is 10.8. The van der Waals surface area contributed by atoms with E-state index in [0.29, 0.717) is 0 Å². The second-order valence-electron chi connectivity index (χ2n) is 4.81. The van der Waals surface area contributed by atoms with Gasteiger partial charge in [0.25, 0.3) is 0 Å². The lowest BCUT2D eigenvalue weighted by molar-refractivity contribution is 1.18. The Labute approximate surface area is 130 Å². The third kappa shape index (κ3) is 3.28. The molecule has 0 fully saturated rings. The van der Waals surface area contributed by atoms with Crippen molar-refractivity contribution in [1.29, 1.82) is 0 Å². The first-order valence-electron chi connectivity index (χ1n) is 6.76. The molecule has 0 N–H and O–H groups in total. The van der Waals surface area contributed by atoms with Crippen LogP contribution in [-0.4, -0.2) is 25.8 Å². The van der Waals surface area contributed by atoms with Gasteiger partial charge in [-0.2, -0.15) is 0 Å². The number of halogens is 2. The van der Waals surface area contributed by atoms with Gasteiger partial charge in [0.2, 0.25) is 0 Å². The summed E-state index contributed by atoms with van der Waals surface area (Å²) < 4.78 is 0.858. The largest absolute Gasteiger partial charge is 0.291 e. The van der Waals surface area contributed by atoms with Crippen molar-refractivity contribution in [3.8, 4) is 0 Å². The average Bonchev–Trinajstić information content (AvgIpc) is 2.43. The summed E-state index contributed by atoms with van der Waals surface area (Å²) >= 11 is 10.2. The summed E-state index contributed by atoms with van der Waals surface area (Å²) in [6, 6.07) is 5.74. The van der Waals surface area contributed by atoms with Crippen molar-refractivity contribution < 1.29 is 0 Å². The molecule has 1 aromatic heterocycles. The zero-order valence-corrected chi connectivity index (χ0v) is 15.7. The predicted molar refractivity (Wildman–Crippen MR) is 91.9 cm³/mol. The van der Waals surface area contributed by atoms with Crippen LogP contribution in [0.25, 0.3) is 0 Å². The Bertz CT molecular complexity index is 476. The highest BCUT2D eigenvalue weighted by molar-refractivity contribution is 9.10. The molecule has 0 aliphatic heterocycles. The molecule has 0 saturated heterocycles. The fourth-order valence-electron chi connectivity index (χ4n) is 2.55. The van der Waals surface area contributed by atoms with E-state index in [1.54, 1.807) is 7.05 Å². The van der Waals surface area contributed by atoms with Crippen LogP contribution in [0.15, 0.2) is 15.7 Å². The van der Waals surface area contributed by atoms with Crippen LogP contribution in [0.2, 0.25) is 23.2 Å². The molecule has 0 aromatic carbocycles. The number of rotatable bonds is 5. The number of pyridine rings is 1. The Morgan fingerprint density at radius 2 is 1.84 bits per heavy atom. The smallest absolute Gasteiger partial charge is 0.106 e. The number of aliphatic imine (C=N–C) groups is 1. The highest BCUT2D eigenvalue weighted by Gasteiger charge is 2.33. The number of nitrogens with zero attached hydrogens (tertiary/aromatic N) is 2. The van der Waals surface area contributed by atoms with Gasteiger partial charge in [0, 0.05) is 7.05 Å². The van der Waals surface area contributed by atoms with Crippen LogP contribution < -0.4 is 5.19 Å². The van der Waals surface area contributed by atoms with Gasteiger partial charge in [0.05, 0.1) is 18.8 Å². The van der Waals surface area contributed by atoms with E-state index in [-0.39, 0.29) is 0 Å². The van der Waals surface area contributed by atoms with Gasteiger partial charge in [-0.05, 0) is 34.1 Å². The quantitative estimate of drug-likeness (QED) is 0.425. The van der Waals surface area contributed by atoms with Crippen LogP contribution in [-0.2, 0) is 0 Å². The highest BCUT2D eigenvalue weighted by atomic mass is 79.9. The number of hydrogen-bond acceptors (Lipinski definition) is 2. The van der Waals surface area contributed by atoms with Crippen molar-refractivity contribution in [3.63, 3.8) is 0 Å². The van der Waals surface area contributed by atoms with Crippen LogP contribution in [0.3, 0.4) is 0 Å². The number of hydrogen-bond donors (Lipinski definition) is 0. The van der Waals surface area contributed by atoms with Crippen LogP contribution >= 0.6 is 27.5 Å². The predicted octanol–water partition coefficient (Wildman–Crippen LogP) is 4.65. The second-order valence-corrected chi connectivity index (χ2v) is 11.2. The molecule has 1 aromatic rings. The summed E-state index contributed by atoms with van der Waals surface area (Å²) in [6.07, 6.45) is 0. The van der Waals surface area contributed by atoms with Gasteiger partial charge in [0.15, 0.2) is 0 Å². The maximum atomic E-state index is 6.65. The average molecular weight is 362 g/mol. The zero-order valence-electron chi connectivity index (χ0n) is 12.3. The molecule has 0 unspecified atom stereocenters. The molecule has 0 aliphatic carbocycles. The fraction of sp³-hybridized carbons (Fsp3) is 0.571. The van der Waals surface area contributed by atoms with E-state index in [0.717, 1.165) is 21.0 Å². The van der Waals surface area contributed by atoms with Gasteiger partial charge >= 0.3 is 0 Å². The summed E-state index contributed by atoms with van der Waals surface area (Å²) in [5, 5.41) is 2.13.